The molecule has 0 radical (unpaired) electrons. The number of nitrogens with one attached hydrogen (secondary N) is 2. The first-order valence-corrected chi connectivity index (χ1v) is 14.5. The Hall–Kier alpha value is -3.00. The Morgan fingerprint density at radius 2 is 1.70 bits per heavy atom. The van der Waals surface area contributed by atoms with E-state index in [1.165, 1.54) is 11.9 Å². The number of benzene rings is 2. The number of aliphatic hydroxyl groups excluding tert-OH is 1. The van der Waals surface area contributed by atoms with Gasteiger partial charge in [0.25, 0.3) is 5.91 Å². The van der Waals surface area contributed by atoms with Crippen LogP contribution >= 0.6 is 23.5 Å². The summed E-state index contributed by atoms with van der Waals surface area (Å²) in [6.45, 7) is 15.9. The molecule has 0 saturated heterocycles. The molecule has 0 spiro atoms. The molecule has 1 amide bonds. The van der Waals surface area contributed by atoms with Crippen LogP contribution in [0.5, 0.6) is 0 Å². The van der Waals surface area contributed by atoms with E-state index in [-0.39, 0.29) is 11.9 Å². The number of carbonyl (C=O) groups excluding carboxylic acids is 2. The maximum absolute atomic E-state index is 13.3. The highest BCUT2D eigenvalue weighted by molar-refractivity contribution is 7.97. The van der Waals surface area contributed by atoms with Gasteiger partial charge in [0, 0.05) is 28.3 Å². The van der Waals surface area contributed by atoms with Gasteiger partial charge in [0.15, 0.2) is 0 Å². The van der Waals surface area contributed by atoms with E-state index in [0.717, 1.165) is 62.5 Å². The van der Waals surface area contributed by atoms with E-state index >= 15 is 0 Å². The number of hydrogen-bond donors (Lipinski definition) is 3. The fourth-order valence-electron chi connectivity index (χ4n) is 4.53. The van der Waals surface area contributed by atoms with Crippen molar-refractivity contribution in [1.82, 2.24) is 10.0 Å². The molecular formula is C32H41ClN2O4S. The first kappa shape index (κ1) is 33.2. The van der Waals surface area contributed by atoms with Crippen LogP contribution in [0.25, 0.3) is 5.57 Å². The number of aliphatic hydroxyl groups is 1. The molecule has 3 rings (SSSR count). The number of allylic oxidation sites excluding steroid dienone is 4. The first-order valence-electron chi connectivity index (χ1n) is 13.3. The zero-order valence-electron chi connectivity index (χ0n) is 24.5. The second-order valence-corrected chi connectivity index (χ2v) is 11.0. The third kappa shape index (κ3) is 7.80. The molecule has 0 heterocycles. The number of aryl methyl sites for hydroxylation is 4. The number of amides is 1. The third-order valence-corrected chi connectivity index (χ3v) is 8.30. The molecule has 1 aliphatic carbocycles. The van der Waals surface area contributed by atoms with E-state index in [0.29, 0.717) is 25.0 Å². The summed E-state index contributed by atoms with van der Waals surface area (Å²) in [7, 11) is 1.00. The van der Waals surface area contributed by atoms with Crippen LogP contribution < -0.4 is 10.0 Å². The van der Waals surface area contributed by atoms with Crippen molar-refractivity contribution in [2.24, 2.45) is 0 Å². The van der Waals surface area contributed by atoms with Gasteiger partial charge in [0.1, 0.15) is 5.54 Å². The van der Waals surface area contributed by atoms with E-state index in [1.807, 2.05) is 71.0 Å². The SMILES string of the molecule is C=C/C(=C\C(=C/C)NSc1cc(C)c(Cl)cc1C)c1cc(C)c(C(=O)NC2(C(=O)OCC)CCC2)c(C)c1.CO. The number of ether oxygens (including phenoxy) is 1. The van der Waals surface area contributed by atoms with Gasteiger partial charge < -0.3 is 19.9 Å². The first-order chi connectivity index (χ1) is 19.0. The molecule has 216 valence electrons. The molecule has 1 fully saturated rings. The highest BCUT2D eigenvalue weighted by Crippen LogP contribution is 2.34. The van der Waals surface area contributed by atoms with Crippen LogP contribution in [0.3, 0.4) is 0 Å². The topological polar surface area (TPSA) is 87.7 Å². The highest BCUT2D eigenvalue weighted by Gasteiger charge is 2.47. The number of hydrogen-bond acceptors (Lipinski definition) is 6. The highest BCUT2D eigenvalue weighted by atomic mass is 35.5. The van der Waals surface area contributed by atoms with E-state index < -0.39 is 5.54 Å². The number of carbonyl (C=O) groups is 2. The molecule has 1 aliphatic rings. The minimum atomic E-state index is -0.915. The van der Waals surface area contributed by atoms with Gasteiger partial charge in [0.05, 0.1) is 6.61 Å². The smallest absolute Gasteiger partial charge is 0.331 e. The van der Waals surface area contributed by atoms with Crippen LogP contribution in [0, 0.1) is 27.7 Å². The van der Waals surface area contributed by atoms with Crippen LogP contribution in [0.15, 0.2) is 59.7 Å². The Labute approximate surface area is 248 Å². The molecule has 2 aromatic rings. The second-order valence-electron chi connectivity index (χ2n) is 9.71. The second kappa shape index (κ2) is 15.1. The predicted octanol–water partition coefficient (Wildman–Crippen LogP) is 7.17. The number of esters is 1. The average molecular weight is 585 g/mol. The van der Waals surface area contributed by atoms with Crippen LogP contribution in [-0.4, -0.2) is 36.2 Å². The molecule has 0 bridgehead atoms. The van der Waals surface area contributed by atoms with Crippen molar-refractivity contribution in [2.75, 3.05) is 13.7 Å². The standard InChI is InChI=1S/C31H37ClN2O3S.CH4O/c1-8-23(18-25(9-2)34-38-27-17-19(4)26(32)16-20(27)5)24-14-21(6)28(22(7)15-24)29(35)33-31(12-11-13-31)30(36)37-10-3;1-2/h8-9,14-18,34H,1,10-13H2,2-7H3,(H,33,35);2H,1H3/b23-18+,25-9+;. The van der Waals surface area contributed by atoms with Crippen molar-refractivity contribution in [2.45, 2.75) is 71.2 Å². The van der Waals surface area contributed by atoms with Gasteiger partial charge >= 0.3 is 5.97 Å². The minimum Gasteiger partial charge on any atom is -0.464 e. The lowest BCUT2D eigenvalue weighted by Crippen LogP contribution is -2.59. The zero-order chi connectivity index (χ0) is 30.0. The monoisotopic (exact) mass is 584 g/mol. The van der Waals surface area contributed by atoms with Crippen LogP contribution in [0.4, 0.5) is 0 Å². The largest absolute Gasteiger partial charge is 0.464 e. The summed E-state index contributed by atoms with van der Waals surface area (Å²) in [6, 6.07) is 8.03. The van der Waals surface area contributed by atoms with Crippen molar-refractivity contribution in [3.8, 4) is 0 Å². The Bertz CT molecular complexity index is 1290. The summed E-state index contributed by atoms with van der Waals surface area (Å²) in [4.78, 5) is 26.9. The number of halogens is 1. The fraction of sp³-hybridized carbons (Fsp3) is 0.375. The molecule has 0 aliphatic heterocycles. The summed E-state index contributed by atoms with van der Waals surface area (Å²) in [5, 5.41) is 10.7. The summed E-state index contributed by atoms with van der Waals surface area (Å²) in [5.74, 6) is -0.596. The van der Waals surface area contributed by atoms with Gasteiger partial charge in [0.2, 0.25) is 0 Å². The van der Waals surface area contributed by atoms with E-state index in [4.69, 9.17) is 21.4 Å². The summed E-state index contributed by atoms with van der Waals surface area (Å²) >= 11 is 7.78. The van der Waals surface area contributed by atoms with Gasteiger partial charge in [-0.15, -0.1) is 0 Å². The van der Waals surface area contributed by atoms with Crippen LogP contribution in [0.1, 0.15) is 71.3 Å². The molecule has 8 heteroatoms. The Balaban J connectivity index is 0.00000274. The van der Waals surface area contributed by atoms with Crippen molar-refractivity contribution in [1.29, 1.82) is 0 Å². The van der Waals surface area contributed by atoms with Crippen LogP contribution in [0.2, 0.25) is 5.02 Å². The number of rotatable bonds is 10. The molecule has 0 atom stereocenters. The van der Waals surface area contributed by atoms with Crippen molar-refractivity contribution < 1.29 is 19.4 Å². The molecule has 0 unspecified atom stereocenters. The minimum absolute atomic E-state index is 0.246. The lowest BCUT2D eigenvalue weighted by atomic mass is 9.76. The molecule has 2 aromatic carbocycles. The average Bonchev–Trinajstić information content (AvgIpc) is 2.90. The third-order valence-electron chi connectivity index (χ3n) is 6.90. The van der Waals surface area contributed by atoms with Crippen molar-refractivity contribution in [3.05, 3.63) is 93.2 Å². The van der Waals surface area contributed by atoms with Gasteiger partial charge in [-0.2, -0.15) is 0 Å². The lowest BCUT2D eigenvalue weighted by Gasteiger charge is -2.39. The Morgan fingerprint density at radius 3 is 2.20 bits per heavy atom. The summed E-state index contributed by atoms with van der Waals surface area (Å²) in [6.07, 6.45) is 7.94. The van der Waals surface area contributed by atoms with E-state index in [1.54, 1.807) is 6.92 Å². The van der Waals surface area contributed by atoms with Gasteiger partial charge in [-0.05, 0) is 124 Å². The van der Waals surface area contributed by atoms with Gasteiger partial charge in [-0.3, -0.25) is 4.79 Å². The normalized spacial score (nSPS) is 14.3. The maximum atomic E-state index is 13.3. The zero-order valence-corrected chi connectivity index (χ0v) is 26.1. The van der Waals surface area contributed by atoms with Gasteiger partial charge in [-0.1, -0.05) is 42.5 Å². The summed E-state index contributed by atoms with van der Waals surface area (Å²) < 4.78 is 8.66. The predicted molar refractivity (Wildman–Crippen MR) is 167 cm³/mol. The molecule has 1 saturated carbocycles. The van der Waals surface area contributed by atoms with Crippen LogP contribution in [-0.2, 0) is 9.53 Å². The molecule has 40 heavy (non-hydrogen) atoms. The lowest BCUT2D eigenvalue weighted by molar-refractivity contribution is -0.154. The molecular weight excluding hydrogens is 544 g/mol. The van der Waals surface area contributed by atoms with Gasteiger partial charge in [-0.25, -0.2) is 4.79 Å². The molecule has 6 nitrogen and oxygen atoms in total. The van der Waals surface area contributed by atoms with E-state index in [9.17, 15) is 9.59 Å². The Kier molecular flexibility index (Phi) is 12.6. The quantitative estimate of drug-likeness (QED) is 0.156. The maximum Gasteiger partial charge on any atom is 0.331 e. The summed E-state index contributed by atoms with van der Waals surface area (Å²) in [5.41, 5.74) is 6.29. The van der Waals surface area contributed by atoms with Crippen molar-refractivity contribution >= 4 is 41.0 Å². The van der Waals surface area contributed by atoms with E-state index in [2.05, 4.69) is 22.7 Å². The Morgan fingerprint density at radius 1 is 1.07 bits per heavy atom. The fourth-order valence-corrected chi connectivity index (χ4v) is 5.60. The van der Waals surface area contributed by atoms with Crippen molar-refractivity contribution in [3.63, 3.8) is 0 Å². The molecule has 0 aromatic heterocycles. The molecule has 3 N–H and O–H groups in total.